The van der Waals surface area contributed by atoms with Crippen LogP contribution in [0.4, 0.5) is 4.79 Å². The summed E-state index contributed by atoms with van der Waals surface area (Å²) in [5, 5.41) is 11.2. The molecule has 2 aromatic heterocycles. The second-order valence-corrected chi connectivity index (χ2v) is 6.59. The number of aromatic nitrogens is 1. The minimum absolute atomic E-state index is 0.0390. The average Bonchev–Trinajstić information content (AvgIpc) is 3.20. The number of aryl methyl sites for hydroxylation is 1. The lowest BCUT2D eigenvalue weighted by atomic mass is 10.2. The average molecular weight is 334 g/mol. The fourth-order valence-corrected chi connectivity index (χ4v) is 3.39. The quantitative estimate of drug-likeness (QED) is 0.910. The number of urea groups is 1. The number of nitrogens with one attached hydrogen (secondary N) is 1. The van der Waals surface area contributed by atoms with Crippen molar-refractivity contribution < 1.29 is 9.32 Å². The van der Waals surface area contributed by atoms with E-state index in [1.54, 1.807) is 11.3 Å². The fourth-order valence-electron chi connectivity index (χ4n) is 2.69. The van der Waals surface area contributed by atoms with E-state index in [2.05, 4.69) is 32.2 Å². The molecule has 1 N–H and O–H groups in total. The van der Waals surface area contributed by atoms with E-state index in [0.717, 1.165) is 50.6 Å². The maximum absolute atomic E-state index is 12.2. The van der Waals surface area contributed by atoms with Crippen molar-refractivity contribution in [2.75, 3.05) is 32.7 Å². The largest absolute Gasteiger partial charge is 0.361 e. The van der Waals surface area contributed by atoms with Crippen LogP contribution in [0.3, 0.4) is 0 Å². The highest BCUT2D eigenvalue weighted by atomic mass is 32.1. The van der Waals surface area contributed by atoms with Gasteiger partial charge >= 0.3 is 6.03 Å². The van der Waals surface area contributed by atoms with Gasteiger partial charge < -0.3 is 14.7 Å². The lowest BCUT2D eigenvalue weighted by Gasteiger charge is -2.34. The Morgan fingerprint density at radius 2 is 2.22 bits per heavy atom. The zero-order valence-corrected chi connectivity index (χ0v) is 14.1. The number of nitrogens with zero attached hydrogens (tertiary/aromatic N) is 3. The first kappa shape index (κ1) is 16.0. The van der Waals surface area contributed by atoms with Gasteiger partial charge in [-0.2, -0.15) is 11.3 Å². The van der Waals surface area contributed by atoms with Crippen molar-refractivity contribution in [3.63, 3.8) is 0 Å². The topological polar surface area (TPSA) is 61.6 Å². The van der Waals surface area contributed by atoms with E-state index in [0.29, 0.717) is 6.54 Å². The van der Waals surface area contributed by atoms with Crippen LogP contribution in [-0.4, -0.2) is 53.7 Å². The summed E-state index contributed by atoms with van der Waals surface area (Å²) >= 11 is 1.69. The van der Waals surface area contributed by atoms with E-state index >= 15 is 0 Å². The zero-order chi connectivity index (χ0) is 16.1. The highest BCUT2D eigenvalue weighted by Crippen LogP contribution is 2.09. The highest BCUT2D eigenvalue weighted by Gasteiger charge is 2.21. The number of thiophene rings is 1. The van der Waals surface area contributed by atoms with Gasteiger partial charge in [-0.05, 0) is 35.7 Å². The molecule has 1 fully saturated rings. The molecule has 3 rings (SSSR count). The molecule has 0 radical (unpaired) electrons. The molecule has 2 aromatic rings. The number of amides is 2. The minimum atomic E-state index is 0.0390. The first-order valence-electron chi connectivity index (χ1n) is 7.89. The molecule has 1 aliphatic rings. The van der Waals surface area contributed by atoms with Crippen LogP contribution in [0, 0.1) is 6.92 Å². The van der Waals surface area contributed by atoms with Crippen molar-refractivity contribution in [1.29, 1.82) is 0 Å². The molecule has 0 unspecified atom stereocenters. The number of carbonyl (C=O) groups is 1. The van der Waals surface area contributed by atoms with Gasteiger partial charge in [-0.1, -0.05) is 5.16 Å². The van der Waals surface area contributed by atoms with Crippen LogP contribution in [-0.2, 0) is 13.0 Å². The summed E-state index contributed by atoms with van der Waals surface area (Å²) in [7, 11) is 0. The van der Waals surface area contributed by atoms with Gasteiger partial charge in [0.05, 0.1) is 5.69 Å². The van der Waals surface area contributed by atoms with Crippen LogP contribution < -0.4 is 5.32 Å². The molecule has 3 heterocycles. The summed E-state index contributed by atoms with van der Waals surface area (Å²) in [5.74, 6) is 0.837. The van der Waals surface area contributed by atoms with Gasteiger partial charge in [-0.15, -0.1) is 0 Å². The van der Waals surface area contributed by atoms with E-state index in [4.69, 9.17) is 4.52 Å². The van der Waals surface area contributed by atoms with Gasteiger partial charge in [0.25, 0.3) is 0 Å². The van der Waals surface area contributed by atoms with Crippen LogP contribution in [0.1, 0.15) is 17.0 Å². The molecule has 124 valence electrons. The van der Waals surface area contributed by atoms with E-state index in [1.165, 1.54) is 5.56 Å². The molecule has 6 nitrogen and oxygen atoms in total. The van der Waals surface area contributed by atoms with Gasteiger partial charge in [0.15, 0.2) is 0 Å². The Kier molecular flexibility index (Phi) is 5.30. The SMILES string of the molecule is Cc1cc(CN2CCN(C(=O)NCCc3ccsc3)CC2)no1. The second-order valence-electron chi connectivity index (χ2n) is 5.81. The smallest absolute Gasteiger partial charge is 0.317 e. The summed E-state index contributed by atoms with van der Waals surface area (Å²) in [6, 6.07) is 4.10. The van der Waals surface area contributed by atoms with E-state index in [1.807, 2.05) is 17.9 Å². The lowest BCUT2D eigenvalue weighted by Crippen LogP contribution is -2.51. The van der Waals surface area contributed by atoms with E-state index in [-0.39, 0.29) is 6.03 Å². The summed E-state index contributed by atoms with van der Waals surface area (Å²) in [6.45, 7) is 6.60. The van der Waals surface area contributed by atoms with Crippen LogP contribution in [0.2, 0.25) is 0 Å². The minimum Gasteiger partial charge on any atom is -0.361 e. The van der Waals surface area contributed by atoms with Crippen molar-refractivity contribution in [1.82, 2.24) is 20.3 Å². The molecular weight excluding hydrogens is 312 g/mol. The van der Waals surface area contributed by atoms with Crippen molar-refractivity contribution in [2.45, 2.75) is 19.9 Å². The molecule has 0 spiro atoms. The Bertz CT molecular complexity index is 618. The number of carbonyl (C=O) groups excluding carboxylic acids is 1. The fraction of sp³-hybridized carbons (Fsp3) is 0.500. The van der Waals surface area contributed by atoms with Crippen molar-refractivity contribution in [3.8, 4) is 0 Å². The number of hydrogen-bond acceptors (Lipinski definition) is 5. The molecular formula is C16H22N4O2S. The maximum atomic E-state index is 12.2. The summed E-state index contributed by atoms with van der Waals surface area (Å²) in [6.07, 6.45) is 0.890. The molecule has 0 bridgehead atoms. The first-order chi connectivity index (χ1) is 11.2. The van der Waals surface area contributed by atoms with Crippen LogP contribution >= 0.6 is 11.3 Å². The van der Waals surface area contributed by atoms with Gasteiger partial charge in [0, 0.05) is 45.3 Å². The lowest BCUT2D eigenvalue weighted by molar-refractivity contribution is 0.133. The maximum Gasteiger partial charge on any atom is 0.317 e. The van der Waals surface area contributed by atoms with Crippen LogP contribution in [0.5, 0.6) is 0 Å². The van der Waals surface area contributed by atoms with Crippen LogP contribution in [0.25, 0.3) is 0 Å². The third-order valence-electron chi connectivity index (χ3n) is 3.99. The van der Waals surface area contributed by atoms with Gasteiger partial charge in [-0.25, -0.2) is 4.79 Å². The van der Waals surface area contributed by atoms with Crippen molar-refractivity contribution in [3.05, 3.63) is 39.9 Å². The Morgan fingerprint density at radius 1 is 1.39 bits per heavy atom. The molecule has 7 heteroatoms. The third kappa shape index (κ3) is 4.56. The van der Waals surface area contributed by atoms with Crippen molar-refractivity contribution in [2.24, 2.45) is 0 Å². The molecule has 0 aromatic carbocycles. The predicted octanol–water partition coefficient (Wildman–Crippen LogP) is 2.11. The Morgan fingerprint density at radius 3 is 2.87 bits per heavy atom. The highest BCUT2D eigenvalue weighted by molar-refractivity contribution is 7.07. The standard InChI is InChI=1S/C16H22N4O2S/c1-13-10-15(18-22-13)11-19-5-7-20(8-6-19)16(21)17-4-2-14-3-9-23-12-14/h3,9-10,12H,2,4-8,11H2,1H3,(H,17,21). The second kappa shape index (κ2) is 7.61. The number of piperazine rings is 1. The monoisotopic (exact) mass is 334 g/mol. The van der Waals surface area contributed by atoms with E-state index in [9.17, 15) is 4.79 Å². The van der Waals surface area contributed by atoms with Gasteiger partial charge in [0.1, 0.15) is 5.76 Å². The van der Waals surface area contributed by atoms with E-state index < -0.39 is 0 Å². The number of rotatable bonds is 5. The van der Waals surface area contributed by atoms with Crippen molar-refractivity contribution >= 4 is 17.4 Å². The predicted molar refractivity (Wildman–Crippen MR) is 89.5 cm³/mol. The summed E-state index contributed by atoms with van der Waals surface area (Å²) < 4.78 is 5.09. The summed E-state index contributed by atoms with van der Waals surface area (Å²) in [5.41, 5.74) is 2.24. The van der Waals surface area contributed by atoms with Gasteiger partial charge in [-0.3, -0.25) is 4.90 Å². The normalized spacial score (nSPS) is 15.8. The first-order valence-corrected chi connectivity index (χ1v) is 8.83. The molecule has 23 heavy (non-hydrogen) atoms. The van der Waals surface area contributed by atoms with Crippen LogP contribution in [0.15, 0.2) is 27.4 Å². The Labute approximate surface area is 140 Å². The Hall–Kier alpha value is -1.86. The molecule has 1 aliphatic heterocycles. The zero-order valence-electron chi connectivity index (χ0n) is 13.3. The molecule has 1 saturated heterocycles. The Balaban J connectivity index is 1.37. The molecule has 0 atom stereocenters. The molecule has 0 aliphatic carbocycles. The third-order valence-corrected chi connectivity index (χ3v) is 4.72. The molecule has 2 amide bonds. The molecule has 0 saturated carbocycles. The van der Waals surface area contributed by atoms with Gasteiger partial charge in [0.2, 0.25) is 0 Å². The summed E-state index contributed by atoms with van der Waals surface area (Å²) in [4.78, 5) is 16.4. The number of hydrogen-bond donors (Lipinski definition) is 1.